The number of fused-ring (bicyclic) bond motifs is 2. The zero-order chi connectivity index (χ0) is 20.5. The molecule has 0 aromatic heterocycles. The van der Waals surface area contributed by atoms with Crippen LogP contribution in [0.5, 0.6) is 0 Å². The van der Waals surface area contributed by atoms with Crippen LogP contribution in [0.4, 0.5) is 8.78 Å². The number of nitrogens with zero attached hydrogens (tertiary/aromatic N) is 2. The number of amidine groups is 1. The Hall–Kier alpha value is -2.87. The van der Waals surface area contributed by atoms with Gasteiger partial charge in [0.05, 0.1) is 43.2 Å². The van der Waals surface area contributed by atoms with Gasteiger partial charge < -0.3 is 26.4 Å². The Bertz CT molecular complexity index is 917. The molecule has 0 aliphatic carbocycles. The van der Waals surface area contributed by atoms with Gasteiger partial charge in [0.1, 0.15) is 5.84 Å². The monoisotopic (exact) mass is 401 g/mol. The molecule has 0 amide bonds. The number of morpholine rings is 1. The maximum atomic E-state index is 13.9. The Morgan fingerprint density at radius 3 is 2.66 bits per heavy atom. The molecule has 2 saturated heterocycles. The maximum absolute atomic E-state index is 13.9. The first kappa shape index (κ1) is 19.4. The Morgan fingerprint density at radius 2 is 1.97 bits per heavy atom. The van der Waals surface area contributed by atoms with Crippen molar-refractivity contribution in [3.63, 3.8) is 0 Å². The highest BCUT2D eigenvalue weighted by Crippen LogP contribution is 2.34. The predicted octanol–water partition coefficient (Wildman–Crippen LogP) is 2.25. The molecule has 2 unspecified atom stereocenters. The van der Waals surface area contributed by atoms with Gasteiger partial charge in [-0.1, -0.05) is 12.1 Å². The molecule has 0 radical (unpaired) electrons. The topological polar surface area (TPSA) is 88.9 Å². The molecule has 2 fully saturated rings. The quantitative estimate of drug-likeness (QED) is 0.532. The van der Waals surface area contributed by atoms with Crippen LogP contribution in [-0.2, 0) is 11.3 Å². The van der Waals surface area contributed by atoms with Crippen LogP contribution in [0.2, 0.25) is 0 Å². The number of allylic oxidation sites excluding steroid dienone is 2. The standard InChI is InChI=1S/C21H25F2N5O/c1-12(24)20-17(21(25)27-8-13-3-2-4-18(22)19(13)23)7-16(9-26-20)28-14-5-6-15(28)11-29-10-14/h2-4,7,9,14-15,26H,5-6,8,10-11,24H2,1H3,(H2,25,27)/b20-12+. The van der Waals surface area contributed by atoms with E-state index in [9.17, 15) is 8.78 Å². The summed E-state index contributed by atoms with van der Waals surface area (Å²) in [6.45, 7) is 3.12. The highest BCUT2D eigenvalue weighted by molar-refractivity contribution is 6.01. The summed E-state index contributed by atoms with van der Waals surface area (Å²) in [6, 6.07) is 4.69. The molecule has 2 bridgehead atoms. The van der Waals surface area contributed by atoms with E-state index in [-0.39, 0.29) is 17.9 Å². The second-order valence-corrected chi connectivity index (χ2v) is 7.57. The molecule has 3 aliphatic heterocycles. The fourth-order valence-electron chi connectivity index (χ4n) is 4.14. The van der Waals surface area contributed by atoms with Crippen molar-refractivity contribution in [2.75, 3.05) is 13.2 Å². The van der Waals surface area contributed by atoms with Gasteiger partial charge in [0.25, 0.3) is 0 Å². The molecule has 29 heavy (non-hydrogen) atoms. The number of hydrogen-bond donors (Lipinski definition) is 3. The molecule has 0 saturated carbocycles. The largest absolute Gasteiger partial charge is 0.401 e. The number of rotatable bonds is 4. The minimum Gasteiger partial charge on any atom is -0.401 e. The predicted molar refractivity (Wildman–Crippen MR) is 107 cm³/mol. The first-order chi connectivity index (χ1) is 14.0. The van der Waals surface area contributed by atoms with Crippen LogP contribution in [0.1, 0.15) is 25.3 Å². The van der Waals surface area contributed by atoms with Gasteiger partial charge in [-0.15, -0.1) is 0 Å². The van der Waals surface area contributed by atoms with Gasteiger partial charge >= 0.3 is 0 Å². The normalized spacial score (nSPS) is 26.0. The molecule has 1 aromatic carbocycles. The average Bonchev–Trinajstić information content (AvgIpc) is 2.96. The van der Waals surface area contributed by atoms with Crippen molar-refractivity contribution in [2.45, 2.75) is 38.4 Å². The Morgan fingerprint density at radius 1 is 1.24 bits per heavy atom. The highest BCUT2D eigenvalue weighted by atomic mass is 19.2. The number of nitrogens with two attached hydrogens (primary N) is 2. The number of nitrogens with one attached hydrogen (secondary N) is 1. The van der Waals surface area contributed by atoms with E-state index in [1.165, 1.54) is 12.1 Å². The molecule has 2 atom stereocenters. The lowest BCUT2D eigenvalue weighted by atomic mass is 10.0. The van der Waals surface area contributed by atoms with Crippen LogP contribution in [0.15, 0.2) is 58.1 Å². The molecular weight excluding hydrogens is 376 g/mol. The number of benzene rings is 1. The van der Waals surface area contributed by atoms with Crippen molar-refractivity contribution in [1.82, 2.24) is 10.2 Å². The fourth-order valence-corrected chi connectivity index (χ4v) is 4.14. The lowest BCUT2D eigenvalue weighted by Gasteiger charge is -2.38. The average molecular weight is 401 g/mol. The third-order valence-corrected chi connectivity index (χ3v) is 5.59. The van der Waals surface area contributed by atoms with Crippen LogP contribution >= 0.6 is 0 Å². The molecule has 8 heteroatoms. The van der Waals surface area contributed by atoms with E-state index < -0.39 is 11.6 Å². The third-order valence-electron chi connectivity index (χ3n) is 5.59. The van der Waals surface area contributed by atoms with E-state index >= 15 is 0 Å². The number of hydrogen-bond acceptors (Lipinski definition) is 5. The lowest BCUT2D eigenvalue weighted by Crippen LogP contribution is -2.45. The molecule has 3 aliphatic rings. The Kier molecular flexibility index (Phi) is 5.27. The van der Waals surface area contributed by atoms with E-state index in [0.717, 1.165) is 24.6 Å². The zero-order valence-corrected chi connectivity index (χ0v) is 16.3. The first-order valence-corrected chi connectivity index (χ1v) is 9.70. The maximum Gasteiger partial charge on any atom is 0.163 e. The van der Waals surface area contributed by atoms with Crippen molar-refractivity contribution in [3.05, 3.63) is 70.3 Å². The van der Waals surface area contributed by atoms with Gasteiger partial charge in [-0.2, -0.15) is 0 Å². The van der Waals surface area contributed by atoms with Gasteiger partial charge in [0.15, 0.2) is 11.6 Å². The van der Waals surface area contributed by atoms with E-state index in [1.54, 1.807) is 6.92 Å². The molecular formula is C21H25F2N5O. The lowest BCUT2D eigenvalue weighted by molar-refractivity contribution is 0.00501. The van der Waals surface area contributed by atoms with Crippen molar-refractivity contribution in [1.29, 1.82) is 0 Å². The van der Waals surface area contributed by atoms with Gasteiger partial charge in [-0.05, 0) is 31.9 Å². The summed E-state index contributed by atoms with van der Waals surface area (Å²) >= 11 is 0. The van der Waals surface area contributed by atoms with Crippen LogP contribution in [-0.4, -0.2) is 36.0 Å². The fraction of sp³-hybridized carbons (Fsp3) is 0.381. The van der Waals surface area contributed by atoms with Gasteiger partial charge in [0, 0.05) is 23.0 Å². The molecule has 6 nitrogen and oxygen atoms in total. The number of halogens is 2. The van der Waals surface area contributed by atoms with Crippen LogP contribution in [0, 0.1) is 11.6 Å². The summed E-state index contributed by atoms with van der Waals surface area (Å²) in [7, 11) is 0. The molecule has 4 rings (SSSR count). The third kappa shape index (κ3) is 3.72. The highest BCUT2D eigenvalue weighted by Gasteiger charge is 2.38. The van der Waals surface area contributed by atoms with Crippen molar-refractivity contribution < 1.29 is 13.5 Å². The van der Waals surface area contributed by atoms with Crippen molar-refractivity contribution in [3.8, 4) is 0 Å². The van der Waals surface area contributed by atoms with E-state index in [4.69, 9.17) is 16.2 Å². The Balaban J connectivity index is 1.63. The summed E-state index contributed by atoms with van der Waals surface area (Å²) in [5, 5.41) is 3.23. The molecule has 154 valence electrons. The number of ether oxygens (including phenoxy) is 1. The van der Waals surface area contributed by atoms with Crippen molar-refractivity contribution >= 4 is 5.84 Å². The zero-order valence-electron chi connectivity index (χ0n) is 16.3. The summed E-state index contributed by atoms with van der Waals surface area (Å²) in [4.78, 5) is 6.67. The van der Waals surface area contributed by atoms with E-state index in [0.29, 0.717) is 42.3 Å². The SMILES string of the molecule is C/C(N)=C1\NC=C(N2C3CCC2COC3)C=C1C(N)=NCc1cccc(F)c1F. The smallest absolute Gasteiger partial charge is 0.163 e. The second-order valence-electron chi connectivity index (χ2n) is 7.57. The molecule has 5 N–H and O–H groups in total. The van der Waals surface area contributed by atoms with Gasteiger partial charge in [0.2, 0.25) is 0 Å². The number of aliphatic imine (C=N–C) groups is 1. The molecule has 1 aromatic rings. The van der Waals surface area contributed by atoms with Crippen LogP contribution in [0.3, 0.4) is 0 Å². The van der Waals surface area contributed by atoms with Crippen LogP contribution in [0.25, 0.3) is 0 Å². The van der Waals surface area contributed by atoms with Gasteiger partial charge in [-0.25, -0.2) is 8.78 Å². The Labute approximate surface area is 168 Å². The minimum atomic E-state index is -0.906. The number of dihydropyridines is 1. The van der Waals surface area contributed by atoms with Crippen LogP contribution < -0.4 is 16.8 Å². The minimum absolute atomic E-state index is 0.0640. The van der Waals surface area contributed by atoms with Crippen molar-refractivity contribution in [2.24, 2.45) is 16.5 Å². The van der Waals surface area contributed by atoms with Gasteiger partial charge in [-0.3, -0.25) is 4.99 Å². The first-order valence-electron chi connectivity index (χ1n) is 9.70. The summed E-state index contributed by atoms with van der Waals surface area (Å²) in [5.41, 5.74) is 15.3. The molecule has 3 heterocycles. The van der Waals surface area contributed by atoms with E-state index in [1.807, 2.05) is 12.3 Å². The summed E-state index contributed by atoms with van der Waals surface area (Å²) in [6.07, 6.45) is 6.06. The second kappa shape index (κ2) is 7.87. The van der Waals surface area contributed by atoms with E-state index in [2.05, 4.69) is 15.2 Å². The molecule has 0 spiro atoms. The summed E-state index contributed by atoms with van der Waals surface area (Å²) in [5.74, 6) is -1.59. The summed E-state index contributed by atoms with van der Waals surface area (Å²) < 4.78 is 33.0.